The molecule has 0 spiro atoms. The molecule has 0 amide bonds. The van der Waals surface area contributed by atoms with E-state index in [0.717, 1.165) is 14.7 Å². The standard InChI is InChI=1S/C14H10IN3O/c15-10-7-5-9(6-8-10)14-17-13(18-19-14)11-3-1-2-4-12(11)16/h1-8H,16H2. The fourth-order valence-corrected chi connectivity index (χ4v) is 2.10. The molecule has 0 unspecified atom stereocenters. The lowest BCUT2D eigenvalue weighted by atomic mass is 10.2. The van der Waals surface area contributed by atoms with E-state index in [9.17, 15) is 0 Å². The largest absolute Gasteiger partial charge is 0.398 e. The van der Waals surface area contributed by atoms with Crippen LogP contribution in [0.4, 0.5) is 5.69 Å². The number of nitrogens with zero attached hydrogens (tertiary/aromatic N) is 2. The van der Waals surface area contributed by atoms with Crippen molar-refractivity contribution in [3.05, 3.63) is 52.1 Å². The van der Waals surface area contributed by atoms with Crippen LogP contribution in [-0.4, -0.2) is 10.1 Å². The van der Waals surface area contributed by atoms with E-state index in [2.05, 4.69) is 32.7 Å². The van der Waals surface area contributed by atoms with Crippen LogP contribution >= 0.6 is 22.6 Å². The van der Waals surface area contributed by atoms with E-state index in [1.165, 1.54) is 0 Å². The van der Waals surface area contributed by atoms with Crippen LogP contribution in [0.1, 0.15) is 0 Å². The summed E-state index contributed by atoms with van der Waals surface area (Å²) in [5.74, 6) is 1.00. The monoisotopic (exact) mass is 363 g/mol. The number of rotatable bonds is 2. The third kappa shape index (κ3) is 2.46. The highest BCUT2D eigenvalue weighted by molar-refractivity contribution is 14.1. The smallest absolute Gasteiger partial charge is 0.258 e. The molecule has 0 aliphatic carbocycles. The van der Waals surface area contributed by atoms with Crippen LogP contribution in [0.2, 0.25) is 0 Å². The highest BCUT2D eigenvalue weighted by Crippen LogP contribution is 2.26. The minimum atomic E-state index is 0.495. The Balaban J connectivity index is 2.00. The Bertz CT molecular complexity index is 707. The molecule has 0 aliphatic rings. The highest BCUT2D eigenvalue weighted by atomic mass is 127. The summed E-state index contributed by atoms with van der Waals surface area (Å²) in [6.45, 7) is 0. The minimum Gasteiger partial charge on any atom is -0.398 e. The third-order valence-corrected chi connectivity index (χ3v) is 3.44. The fourth-order valence-electron chi connectivity index (χ4n) is 1.74. The number of anilines is 1. The fraction of sp³-hybridized carbons (Fsp3) is 0. The van der Waals surface area contributed by atoms with Crippen molar-refractivity contribution >= 4 is 28.3 Å². The first kappa shape index (κ1) is 12.2. The highest BCUT2D eigenvalue weighted by Gasteiger charge is 2.12. The molecule has 0 radical (unpaired) electrons. The molecule has 1 heterocycles. The second-order valence-electron chi connectivity index (χ2n) is 4.02. The Morgan fingerprint density at radius 2 is 1.74 bits per heavy atom. The van der Waals surface area contributed by atoms with Crippen LogP contribution in [0.5, 0.6) is 0 Å². The average molecular weight is 363 g/mol. The molecule has 19 heavy (non-hydrogen) atoms. The van der Waals surface area contributed by atoms with Gasteiger partial charge >= 0.3 is 0 Å². The van der Waals surface area contributed by atoms with Crippen LogP contribution in [-0.2, 0) is 0 Å². The van der Waals surface area contributed by atoms with Crippen molar-refractivity contribution in [2.45, 2.75) is 0 Å². The average Bonchev–Trinajstić information content (AvgIpc) is 2.89. The molecule has 5 heteroatoms. The maximum Gasteiger partial charge on any atom is 0.258 e. The third-order valence-electron chi connectivity index (χ3n) is 2.72. The Hall–Kier alpha value is -1.89. The lowest BCUT2D eigenvalue weighted by Gasteiger charge is -1.98. The minimum absolute atomic E-state index is 0.495. The van der Waals surface area contributed by atoms with E-state index >= 15 is 0 Å². The molecular formula is C14H10IN3O. The van der Waals surface area contributed by atoms with E-state index in [1.807, 2.05) is 48.5 Å². The molecule has 0 aliphatic heterocycles. The maximum absolute atomic E-state index is 5.90. The second kappa shape index (κ2) is 5.00. The summed E-state index contributed by atoms with van der Waals surface area (Å²) in [5.41, 5.74) is 8.21. The summed E-state index contributed by atoms with van der Waals surface area (Å²) < 4.78 is 6.44. The number of halogens is 1. The summed E-state index contributed by atoms with van der Waals surface area (Å²) in [4.78, 5) is 4.38. The van der Waals surface area contributed by atoms with Crippen LogP contribution in [0, 0.1) is 3.57 Å². The Labute approximate surface area is 123 Å². The Kier molecular flexibility index (Phi) is 3.20. The Morgan fingerprint density at radius 3 is 2.47 bits per heavy atom. The van der Waals surface area contributed by atoms with Crippen LogP contribution in [0.15, 0.2) is 53.1 Å². The van der Waals surface area contributed by atoms with Crippen molar-refractivity contribution in [1.82, 2.24) is 10.1 Å². The first-order valence-corrected chi connectivity index (χ1v) is 6.76. The zero-order valence-electron chi connectivity index (χ0n) is 9.88. The van der Waals surface area contributed by atoms with Gasteiger partial charge in [0.05, 0.1) is 0 Å². The molecule has 0 fully saturated rings. The van der Waals surface area contributed by atoms with Gasteiger partial charge in [0.15, 0.2) is 0 Å². The summed E-state index contributed by atoms with van der Waals surface area (Å²) in [6.07, 6.45) is 0. The first-order chi connectivity index (χ1) is 9.24. The van der Waals surface area contributed by atoms with Crippen molar-refractivity contribution in [2.24, 2.45) is 0 Å². The Morgan fingerprint density at radius 1 is 1.00 bits per heavy atom. The van der Waals surface area contributed by atoms with Crippen molar-refractivity contribution in [2.75, 3.05) is 5.73 Å². The first-order valence-electron chi connectivity index (χ1n) is 5.68. The SMILES string of the molecule is Nc1ccccc1-c1noc(-c2ccc(I)cc2)n1. The van der Waals surface area contributed by atoms with Gasteiger partial charge in [0, 0.05) is 20.4 Å². The van der Waals surface area contributed by atoms with Gasteiger partial charge in [-0.1, -0.05) is 17.3 Å². The molecule has 2 aromatic carbocycles. The number of benzene rings is 2. The van der Waals surface area contributed by atoms with Gasteiger partial charge in [-0.3, -0.25) is 0 Å². The van der Waals surface area contributed by atoms with Gasteiger partial charge in [0.25, 0.3) is 5.89 Å². The number of nitrogen functional groups attached to an aromatic ring is 1. The predicted octanol–water partition coefficient (Wildman–Crippen LogP) is 3.59. The zero-order chi connectivity index (χ0) is 13.2. The van der Waals surface area contributed by atoms with Gasteiger partial charge in [0.2, 0.25) is 5.82 Å². The van der Waals surface area contributed by atoms with Crippen LogP contribution < -0.4 is 5.73 Å². The van der Waals surface area contributed by atoms with E-state index in [-0.39, 0.29) is 0 Å². The van der Waals surface area contributed by atoms with Crippen molar-refractivity contribution in [3.63, 3.8) is 0 Å². The van der Waals surface area contributed by atoms with Gasteiger partial charge in [0.1, 0.15) is 0 Å². The van der Waals surface area contributed by atoms with Crippen LogP contribution in [0.3, 0.4) is 0 Å². The van der Waals surface area contributed by atoms with Crippen LogP contribution in [0.25, 0.3) is 22.8 Å². The lowest BCUT2D eigenvalue weighted by molar-refractivity contribution is 0.432. The van der Waals surface area contributed by atoms with Gasteiger partial charge in [-0.2, -0.15) is 4.98 Å². The molecule has 0 saturated heterocycles. The molecule has 0 bridgehead atoms. The lowest BCUT2D eigenvalue weighted by Crippen LogP contribution is -1.90. The molecule has 94 valence electrons. The molecule has 0 saturated carbocycles. The molecule has 3 aromatic rings. The second-order valence-corrected chi connectivity index (χ2v) is 5.26. The van der Waals surface area contributed by atoms with Crippen molar-refractivity contribution < 1.29 is 4.52 Å². The summed E-state index contributed by atoms with van der Waals surface area (Å²) in [6, 6.07) is 15.4. The topological polar surface area (TPSA) is 64.9 Å². The summed E-state index contributed by atoms with van der Waals surface area (Å²) >= 11 is 2.25. The van der Waals surface area contributed by atoms with Gasteiger partial charge in [-0.25, -0.2) is 0 Å². The number of hydrogen-bond donors (Lipinski definition) is 1. The van der Waals surface area contributed by atoms with Crippen molar-refractivity contribution in [1.29, 1.82) is 0 Å². The predicted molar refractivity (Wildman–Crippen MR) is 82.3 cm³/mol. The maximum atomic E-state index is 5.90. The number of hydrogen-bond acceptors (Lipinski definition) is 4. The summed E-state index contributed by atoms with van der Waals surface area (Å²) in [5, 5.41) is 3.98. The number of para-hydroxylation sites is 1. The van der Waals surface area contributed by atoms with Crippen molar-refractivity contribution in [3.8, 4) is 22.8 Å². The number of aromatic nitrogens is 2. The van der Waals surface area contributed by atoms with E-state index in [0.29, 0.717) is 17.4 Å². The van der Waals surface area contributed by atoms with Gasteiger partial charge in [-0.15, -0.1) is 0 Å². The molecular weight excluding hydrogens is 353 g/mol. The normalized spacial score (nSPS) is 10.6. The molecule has 1 aromatic heterocycles. The molecule has 0 atom stereocenters. The van der Waals surface area contributed by atoms with Gasteiger partial charge < -0.3 is 10.3 Å². The van der Waals surface area contributed by atoms with E-state index < -0.39 is 0 Å². The number of nitrogens with two attached hydrogens (primary N) is 1. The van der Waals surface area contributed by atoms with Gasteiger partial charge in [-0.05, 0) is 59.0 Å². The molecule has 4 nitrogen and oxygen atoms in total. The summed E-state index contributed by atoms with van der Waals surface area (Å²) in [7, 11) is 0. The molecule has 2 N–H and O–H groups in total. The molecule has 3 rings (SSSR count). The quantitative estimate of drug-likeness (QED) is 0.558. The zero-order valence-corrected chi connectivity index (χ0v) is 12.0. The van der Waals surface area contributed by atoms with E-state index in [1.54, 1.807) is 0 Å². The van der Waals surface area contributed by atoms with E-state index in [4.69, 9.17) is 10.3 Å².